The molecule has 0 aliphatic rings. The second-order valence-electron chi connectivity index (χ2n) is 4.49. The largest absolute Gasteiger partial charge is 0.497 e. The Morgan fingerprint density at radius 2 is 2.24 bits per heavy atom. The molecule has 4 heteroatoms. The van der Waals surface area contributed by atoms with Crippen LogP contribution in [0.15, 0.2) is 18.2 Å². The van der Waals surface area contributed by atoms with Gasteiger partial charge < -0.3 is 15.0 Å². The lowest BCUT2D eigenvalue weighted by Gasteiger charge is -2.07. The van der Waals surface area contributed by atoms with E-state index in [0.717, 1.165) is 29.0 Å². The summed E-state index contributed by atoms with van der Waals surface area (Å²) >= 11 is 0. The van der Waals surface area contributed by atoms with Crippen molar-refractivity contribution in [2.45, 2.75) is 13.3 Å². The zero-order valence-corrected chi connectivity index (χ0v) is 10.6. The number of aromatic nitrogens is 2. The van der Waals surface area contributed by atoms with Gasteiger partial charge in [-0.25, -0.2) is 4.98 Å². The number of nitrogens with two attached hydrogens (primary N) is 1. The lowest BCUT2D eigenvalue weighted by atomic mass is 10.1. The lowest BCUT2D eigenvalue weighted by Crippen LogP contribution is -2.15. The number of hydrogen-bond acceptors (Lipinski definition) is 3. The van der Waals surface area contributed by atoms with Gasteiger partial charge in [0.25, 0.3) is 0 Å². The molecule has 2 aromatic rings. The minimum Gasteiger partial charge on any atom is -0.497 e. The van der Waals surface area contributed by atoms with Crippen LogP contribution in [0, 0.1) is 5.92 Å². The second-order valence-corrected chi connectivity index (χ2v) is 4.49. The quantitative estimate of drug-likeness (QED) is 0.874. The molecule has 0 amide bonds. The minimum atomic E-state index is 0.451. The third kappa shape index (κ3) is 2.26. The summed E-state index contributed by atoms with van der Waals surface area (Å²) in [6.07, 6.45) is 0.907. The van der Waals surface area contributed by atoms with Crippen molar-refractivity contribution in [2.24, 2.45) is 18.7 Å². The fourth-order valence-electron chi connectivity index (χ4n) is 1.93. The summed E-state index contributed by atoms with van der Waals surface area (Å²) in [7, 11) is 3.71. The van der Waals surface area contributed by atoms with Crippen LogP contribution in [-0.4, -0.2) is 23.2 Å². The van der Waals surface area contributed by atoms with Crippen LogP contribution >= 0.6 is 0 Å². The van der Waals surface area contributed by atoms with E-state index in [-0.39, 0.29) is 0 Å². The van der Waals surface area contributed by atoms with Crippen molar-refractivity contribution in [1.82, 2.24) is 9.55 Å². The molecule has 4 nitrogen and oxygen atoms in total. The van der Waals surface area contributed by atoms with Crippen molar-refractivity contribution in [3.05, 3.63) is 24.0 Å². The molecule has 2 rings (SSSR count). The zero-order chi connectivity index (χ0) is 12.4. The van der Waals surface area contributed by atoms with Gasteiger partial charge >= 0.3 is 0 Å². The Hall–Kier alpha value is -1.55. The molecule has 0 saturated carbocycles. The van der Waals surface area contributed by atoms with E-state index in [4.69, 9.17) is 10.5 Å². The number of ether oxygens (including phenoxy) is 1. The second kappa shape index (κ2) is 4.75. The Balaban J connectivity index is 2.41. The summed E-state index contributed by atoms with van der Waals surface area (Å²) in [5.74, 6) is 2.37. The number of imidazole rings is 1. The van der Waals surface area contributed by atoms with Crippen LogP contribution in [0.3, 0.4) is 0 Å². The van der Waals surface area contributed by atoms with Crippen LogP contribution in [0.5, 0.6) is 5.75 Å². The molecule has 0 spiro atoms. The predicted molar refractivity (Wildman–Crippen MR) is 69.2 cm³/mol. The van der Waals surface area contributed by atoms with Crippen LogP contribution < -0.4 is 10.5 Å². The van der Waals surface area contributed by atoms with E-state index in [1.165, 1.54) is 0 Å². The fraction of sp³-hybridized carbons (Fsp3) is 0.462. The van der Waals surface area contributed by atoms with Gasteiger partial charge in [0.2, 0.25) is 0 Å². The zero-order valence-electron chi connectivity index (χ0n) is 10.6. The summed E-state index contributed by atoms with van der Waals surface area (Å²) in [6.45, 7) is 2.83. The van der Waals surface area contributed by atoms with Crippen LogP contribution in [0.4, 0.5) is 0 Å². The standard InChI is InChI=1S/C13H19N3O/c1-9(8-14)6-13-15-11-7-10(17-3)4-5-12(11)16(13)2/h4-5,7,9H,6,8,14H2,1-3H3. The first-order valence-corrected chi connectivity index (χ1v) is 5.85. The summed E-state index contributed by atoms with van der Waals surface area (Å²) in [6, 6.07) is 5.96. The molecule has 0 fully saturated rings. The third-order valence-electron chi connectivity index (χ3n) is 3.11. The number of hydrogen-bond donors (Lipinski definition) is 1. The summed E-state index contributed by atoms with van der Waals surface area (Å²) in [4.78, 5) is 4.64. The predicted octanol–water partition coefficient (Wildman–Crippen LogP) is 1.72. The molecule has 17 heavy (non-hydrogen) atoms. The van der Waals surface area contributed by atoms with Crippen molar-refractivity contribution in [3.8, 4) is 5.75 Å². The van der Waals surface area contributed by atoms with E-state index in [0.29, 0.717) is 12.5 Å². The number of nitrogens with zero attached hydrogens (tertiary/aromatic N) is 2. The van der Waals surface area contributed by atoms with Gasteiger partial charge in [-0.3, -0.25) is 0 Å². The van der Waals surface area contributed by atoms with Crippen LogP contribution in [-0.2, 0) is 13.5 Å². The van der Waals surface area contributed by atoms with Gasteiger partial charge in [0, 0.05) is 19.5 Å². The highest BCUT2D eigenvalue weighted by atomic mass is 16.5. The molecular formula is C13H19N3O. The average Bonchev–Trinajstić information content (AvgIpc) is 2.65. The first kappa shape index (κ1) is 11.9. The highest BCUT2D eigenvalue weighted by molar-refractivity contribution is 5.77. The lowest BCUT2D eigenvalue weighted by molar-refractivity contribution is 0.415. The molecule has 0 aliphatic heterocycles. The topological polar surface area (TPSA) is 53.1 Å². The number of benzene rings is 1. The summed E-state index contributed by atoms with van der Waals surface area (Å²) in [5.41, 5.74) is 7.76. The molecule has 1 aromatic carbocycles. The van der Waals surface area contributed by atoms with Crippen LogP contribution in [0.1, 0.15) is 12.7 Å². The van der Waals surface area contributed by atoms with Gasteiger partial charge in [-0.1, -0.05) is 6.92 Å². The summed E-state index contributed by atoms with van der Waals surface area (Å²) in [5, 5.41) is 0. The molecule has 0 saturated heterocycles. The SMILES string of the molecule is COc1ccc2c(c1)nc(CC(C)CN)n2C. The maximum atomic E-state index is 5.65. The molecule has 92 valence electrons. The molecule has 0 bridgehead atoms. The van der Waals surface area contributed by atoms with E-state index in [2.05, 4.69) is 16.5 Å². The molecule has 1 unspecified atom stereocenters. The first-order valence-electron chi connectivity index (χ1n) is 5.85. The number of aryl methyl sites for hydroxylation is 1. The third-order valence-corrected chi connectivity index (χ3v) is 3.11. The number of rotatable bonds is 4. The Morgan fingerprint density at radius 3 is 2.88 bits per heavy atom. The molecule has 1 atom stereocenters. The van der Waals surface area contributed by atoms with Gasteiger partial charge in [0.15, 0.2) is 0 Å². The molecule has 2 N–H and O–H groups in total. The Bertz CT molecular complexity index is 519. The van der Waals surface area contributed by atoms with E-state index in [1.807, 2.05) is 25.2 Å². The van der Waals surface area contributed by atoms with Gasteiger partial charge in [-0.05, 0) is 24.6 Å². The summed E-state index contributed by atoms with van der Waals surface area (Å²) < 4.78 is 7.33. The highest BCUT2D eigenvalue weighted by Crippen LogP contribution is 2.21. The molecule has 0 radical (unpaired) electrons. The maximum absolute atomic E-state index is 5.65. The normalized spacial score (nSPS) is 12.9. The van der Waals surface area contributed by atoms with Crippen molar-refractivity contribution in [3.63, 3.8) is 0 Å². The van der Waals surface area contributed by atoms with Crippen LogP contribution in [0.25, 0.3) is 11.0 Å². The molecule has 1 aromatic heterocycles. The van der Waals surface area contributed by atoms with Crippen molar-refractivity contribution in [1.29, 1.82) is 0 Å². The van der Waals surface area contributed by atoms with E-state index in [9.17, 15) is 0 Å². The van der Waals surface area contributed by atoms with Gasteiger partial charge in [-0.2, -0.15) is 0 Å². The Labute approximate surface area is 101 Å². The molecule has 1 heterocycles. The monoisotopic (exact) mass is 233 g/mol. The van der Waals surface area contributed by atoms with Gasteiger partial charge in [0.1, 0.15) is 11.6 Å². The Morgan fingerprint density at radius 1 is 1.47 bits per heavy atom. The van der Waals surface area contributed by atoms with Crippen LogP contribution in [0.2, 0.25) is 0 Å². The van der Waals surface area contributed by atoms with Gasteiger partial charge in [-0.15, -0.1) is 0 Å². The number of fused-ring (bicyclic) bond motifs is 1. The molecule has 0 aliphatic carbocycles. The van der Waals surface area contributed by atoms with E-state index >= 15 is 0 Å². The van der Waals surface area contributed by atoms with Crippen molar-refractivity contribution < 1.29 is 4.74 Å². The van der Waals surface area contributed by atoms with E-state index in [1.54, 1.807) is 7.11 Å². The fourth-order valence-corrected chi connectivity index (χ4v) is 1.93. The first-order chi connectivity index (χ1) is 8.15. The number of methoxy groups -OCH3 is 1. The minimum absolute atomic E-state index is 0.451. The smallest absolute Gasteiger partial charge is 0.121 e. The van der Waals surface area contributed by atoms with Crippen molar-refractivity contribution in [2.75, 3.05) is 13.7 Å². The van der Waals surface area contributed by atoms with Gasteiger partial charge in [0.05, 0.1) is 18.1 Å². The van der Waals surface area contributed by atoms with E-state index < -0.39 is 0 Å². The van der Waals surface area contributed by atoms with Crippen molar-refractivity contribution >= 4 is 11.0 Å². The molecular weight excluding hydrogens is 214 g/mol. The highest BCUT2D eigenvalue weighted by Gasteiger charge is 2.11. The Kier molecular flexibility index (Phi) is 3.33. The average molecular weight is 233 g/mol. The maximum Gasteiger partial charge on any atom is 0.121 e.